The molecule has 1 atom stereocenters. The molecule has 1 amide bonds. The van der Waals surface area contributed by atoms with Gasteiger partial charge in [-0.25, -0.2) is 4.98 Å². The van der Waals surface area contributed by atoms with Gasteiger partial charge in [0.2, 0.25) is 5.88 Å². The van der Waals surface area contributed by atoms with Crippen molar-refractivity contribution in [3.8, 4) is 23.1 Å². The van der Waals surface area contributed by atoms with E-state index in [1.54, 1.807) is 19.2 Å². The van der Waals surface area contributed by atoms with Crippen molar-refractivity contribution in [1.82, 2.24) is 10.3 Å². The highest BCUT2D eigenvalue weighted by molar-refractivity contribution is 5.80. The lowest BCUT2D eigenvalue weighted by atomic mass is 10.2. The minimum atomic E-state index is -0.604. The number of nitrogens with zero attached hydrogens (tertiary/aromatic N) is 1. The molecular weight excluding hydrogens is 380 g/mol. The molecule has 6 nitrogen and oxygen atoms in total. The predicted molar refractivity (Wildman–Crippen MR) is 115 cm³/mol. The normalized spacial score (nSPS) is 11.4. The van der Waals surface area contributed by atoms with Crippen LogP contribution in [-0.4, -0.2) is 23.6 Å². The number of rotatable bonds is 9. The van der Waals surface area contributed by atoms with E-state index in [0.29, 0.717) is 30.5 Å². The zero-order valence-corrected chi connectivity index (χ0v) is 17.4. The molecule has 0 fully saturated rings. The molecule has 30 heavy (non-hydrogen) atoms. The van der Waals surface area contributed by atoms with Crippen molar-refractivity contribution in [2.24, 2.45) is 0 Å². The van der Waals surface area contributed by atoms with Crippen molar-refractivity contribution in [2.75, 3.05) is 6.61 Å². The van der Waals surface area contributed by atoms with Crippen LogP contribution in [-0.2, 0) is 11.3 Å². The van der Waals surface area contributed by atoms with Crippen molar-refractivity contribution in [3.63, 3.8) is 0 Å². The van der Waals surface area contributed by atoms with Crippen LogP contribution in [0.5, 0.6) is 23.1 Å². The van der Waals surface area contributed by atoms with Gasteiger partial charge < -0.3 is 19.5 Å². The zero-order valence-electron chi connectivity index (χ0n) is 17.4. The Balaban J connectivity index is 1.53. The number of carbonyl (C=O) groups excluding carboxylic acids is 1. The van der Waals surface area contributed by atoms with Crippen molar-refractivity contribution in [1.29, 1.82) is 0 Å². The van der Waals surface area contributed by atoms with Gasteiger partial charge in [-0.2, -0.15) is 0 Å². The number of hydrogen-bond donors (Lipinski definition) is 1. The van der Waals surface area contributed by atoms with Crippen molar-refractivity contribution >= 4 is 5.91 Å². The lowest BCUT2D eigenvalue weighted by Gasteiger charge is -2.15. The molecule has 1 aromatic heterocycles. The highest BCUT2D eigenvalue weighted by Crippen LogP contribution is 2.23. The van der Waals surface area contributed by atoms with Gasteiger partial charge >= 0.3 is 0 Å². The van der Waals surface area contributed by atoms with Crippen LogP contribution in [0.3, 0.4) is 0 Å². The van der Waals surface area contributed by atoms with Gasteiger partial charge in [-0.1, -0.05) is 12.1 Å². The fraction of sp³-hybridized carbons (Fsp3) is 0.250. The molecule has 0 bridgehead atoms. The SMILES string of the molecule is CCOc1ccc(Oc2cc(CNC(=O)C(C)Oc3cccc(C)c3)ccn2)cc1. The second-order valence-electron chi connectivity index (χ2n) is 6.80. The maximum absolute atomic E-state index is 12.4. The van der Waals surface area contributed by atoms with E-state index in [9.17, 15) is 4.79 Å². The average molecular weight is 406 g/mol. The smallest absolute Gasteiger partial charge is 0.261 e. The third-order valence-electron chi connectivity index (χ3n) is 4.29. The van der Waals surface area contributed by atoms with Gasteiger partial charge in [0.1, 0.15) is 17.2 Å². The number of amides is 1. The summed E-state index contributed by atoms with van der Waals surface area (Å²) >= 11 is 0. The minimum Gasteiger partial charge on any atom is -0.494 e. The molecule has 0 aliphatic rings. The van der Waals surface area contributed by atoms with Crippen molar-refractivity contribution in [2.45, 2.75) is 33.4 Å². The highest BCUT2D eigenvalue weighted by Gasteiger charge is 2.14. The molecule has 0 aliphatic heterocycles. The maximum Gasteiger partial charge on any atom is 0.261 e. The first-order valence-corrected chi connectivity index (χ1v) is 9.90. The molecule has 3 rings (SSSR count). The van der Waals surface area contributed by atoms with E-state index < -0.39 is 6.10 Å². The van der Waals surface area contributed by atoms with Crippen LogP contribution in [0, 0.1) is 6.92 Å². The van der Waals surface area contributed by atoms with Gasteiger partial charge in [-0.3, -0.25) is 4.79 Å². The quantitative estimate of drug-likeness (QED) is 0.559. The van der Waals surface area contributed by atoms with E-state index in [2.05, 4.69) is 10.3 Å². The second-order valence-corrected chi connectivity index (χ2v) is 6.80. The van der Waals surface area contributed by atoms with Crippen molar-refractivity contribution < 1.29 is 19.0 Å². The Bertz CT molecular complexity index is 973. The van der Waals surface area contributed by atoms with Crippen LogP contribution >= 0.6 is 0 Å². The molecular formula is C24H26N2O4. The molecule has 0 radical (unpaired) electrons. The fourth-order valence-electron chi connectivity index (χ4n) is 2.79. The highest BCUT2D eigenvalue weighted by atomic mass is 16.5. The summed E-state index contributed by atoms with van der Waals surface area (Å²) in [5, 5.41) is 2.88. The standard InChI is InChI=1S/C24H26N2O4/c1-4-28-20-8-10-21(11-9-20)30-23-15-19(12-13-25-23)16-26-24(27)18(3)29-22-7-5-6-17(2)14-22/h5-15,18H,4,16H2,1-3H3,(H,26,27). The first-order valence-electron chi connectivity index (χ1n) is 9.90. The fourth-order valence-corrected chi connectivity index (χ4v) is 2.79. The number of ether oxygens (including phenoxy) is 3. The van der Waals surface area contributed by atoms with Crippen LogP contribution in [0.2, 0.25) is 0 Å². The van der Waals surface area contributed by atoms with Gasteiger partial charge in [-0.15, -0.1) is 0 Å². The number of nitrogens with one attached hydrogen (secondary N) is 1. The summed E-state index contributed by atoms with van der Waals surface area (Å²) in [5.74, 6) is 2.38. The number of pyridine rings is 1. The molecule has 0 aliphatic carbocycles. The molecule has 0 spiro atoms. The first-order chi connectivity index (χ1) is 14.5. The lowest BCUT2D eigenvalue weighted by molar-refractivity contribution is -0.127. The number of aryl methyl sites for hydroxylation is 1. The molecule has 1 N–H and O–H groups in total. The Morgan fingerprint density at radius 3 is 2.53 bits per heavy atom. The molecule has 6 heteroatoms. The van der Waals surface area contributed by atoms with E-state index in [4.69, 9.17) is 14.2 Å². The Labute approximate surface area is 176 Å². The lowest BCUT2D eigenvalue weighted by Crippen LogP contribution is -2.35. The average Bonchev–Trinajstić information content (AvgIpc) is 2.74. The third-order valence-corrected chi connectivity index (χ3v) is 4.29. The Kier molecular flexibility index (Phi) is 7.27. The summed E-state index contributed by atoms with van der Waals surface area (Å²) < 4.78 is 16.9. The summed E-state index contributed by atoms with van der Waals surface area (Å²) in [6.45, 7) is 6.61. The monoisotopic (exact) mass is 406 g/mol. The maximum atomic E-state index is 12.4. The predicted octanol–water partition coefficient (Wildman–Crippen LogP) is 4.66. The molecule has 156 valence electrons. The molecule has 2 aromatic carbocycles. The van der Waals surface area contributed by atoms with Crippen LogP contribution in [0.4, 0.5) is 0 Å². The largest absolute Gasteiger partial charge is 0.494 e. The van der Waals surface area contributed by atoms with Gasteiger partial charge in [0.15, 0.2) is 6.10 Å². The summed E-state index contributed by atoms with van der Waals surface area (Å²) in [6.07, 6.45) is 1.05. The van der Waals surface area contributed by atoms with Gasteiger partial charge in [0.05, 0.1) is 6.61 Å². The summed E-state index contributed by atoms with van der Waals surface area (Å²) in [5.41, 5.74) is 1.96. The van der Waals surface area contributed by atoms with E-state index in [-0.39, 0.29) is 5.91 Å². The number of hydrogen-bond acceptors (Lipinski definition) is 5. The Hall–Kier alpha value is -3.54. The third kappa shape index (κ3) is 6.24. The van der Waals surface area contributed by atoms with Gasteiger partial charge in [-0.05, 0) is 74.4 Å². The topological polar surface area (TPSA) is 69.7 Å². The Morgan fingerprint density at radius 1 is 1.03 bits per heavy atom. The molecule has 3 aromatic rings. The van der Waals surface area contributed by atoms with E-state index in [0.717, 1.165) is 16.9 Å². The number of aromatic nitrogens is 1. The Morgan fingerprint density at radius 2 is 1.80 bits per heavy atom. The number of carbonyl (C=O) groups is 1. The van der Waals surface area contributed by atoms with E-state index in [1.807, 2.05) is 68.4 Å². The van der Waals surface area contributed by atoms with Crippen LogP contribution in [0.25, 0.3) is 0 Å². The summed E-state index contributed by atoms with van der Waals surface area (Å²) in [7, 11) is 0. The number of benzene rings is 2. The van der Waals surface area contributed by atoms with Crippen molar-refractivity contribution in [3.05, 3.63) is 78.0 Å². The summed E-state index contributed by atoms with van der Waals surface area (Å²) in [6, 6.07) is 18.6. The first kappa shape index (κ1) is 21.2. The van der Waals surface area contributed by atoms with Crippen LogP contribution in [0.15, 0.2) is 66.9 Å². The van der Waals surface area contributed by atoms with E-state index in [1.165, 1.54) is 0 Å². The van der Waals surface area contributed by atoms with Crippen LogP contribution in [0.1, 0.15) is 25.0 Å². The molecule has 0 saturated carbocycles. The van der Waals surface area contributed by atoms with Gasteiger partial charge in [0, 0.05) is 18.8 Å². The summed E-state index contributed by atoms with van der Waals surface area (Å²) in [4.78, 5) is 16.6. The minimum absolute atomic E-state index is 0.192. The van der Waals surface area contributed by atoms with Crippen LogP contribution < -0.4 is 19.5 Å². The molecule has 1 unspecified atom stereocenters. The van der Waals surface area contributed by atoms with E-state index >= 15 is 0 Å². The molecule has 1 heterocycles. The van der Waals surface area contributed by atoms with Gasteiger partial charge in [0.25, 0.3) is 5.91 Å². The second kappa shape index (κ2) is 10.3. The molecule has 0 saturated heterocycles. The zero-order chi connectivity index (χ0) is 21.3.